The fourth-order valence-corrected chi connectivity index (χ4v) is 2.20. The Kier molecular flexibility index (Phi) is 3.61. The fourth-order valence-electron chi connectivity index (χ4n) is 2.20. The average Bonchev–Trinajstić information content (AvgIpc) is 2.53. The molecule has 0 aliphatic heterocycles. The maximum Gasteiger partial charge on any atom is 0.146 e. The second kappa shape index (κ2) is 5.72. The predicted molar refractivity (Wildman–Crippen MR) is 80.4 cm³/mol. The zero-order valence-electron chi connectivity index (χ0n) is 11.1. The summed E-state index contributed by atoms with van der Waals surface area (Å²) >= 11 is 0. The number of para-hydroxylation sites is 1. The molecular formula is C17H16N2O. The summed E-state index contributed by atoms with van der Waals surface area (Å²) in [5, 5.41) is 1.08. The molecule has 2 aromatic carbocycles. The van der Waals surface area contributed by atoms with Gasteiger partial charge in [-0.25, -0.2) is 0 Å². The highest BCUT2D eigenvalue weighted by molar-refractivity contribution is 5.84. The Morgan fingerprint density at radius 1 is 0.950 bits per heavy atom. The van der Waals surface area contributed by atoms with E-state index in [1.165, 1.54) is 0 Å². The van der Waals surface area contributed by atoms with Gasteiger partial charge in [0, 0.05) is 18.1 Å². The molecule has 0 aliphatic carbocycles. The lowest BCUT2D eigenvalue weighted by Gasteiger charge is -2.09. The molecule has 0 aliphatic rings. The Balaban J connectivity index is 1.83. The third kappa shape index (κ3) is 2.63. The quantitative estimate of drug-likeness (QED) is 0.786. The highest BCUT2D eigenvalue weighted by Crippen LogP contribution is 2.23. The summed E-state index contributed by atoms with van der Waals surface area (Å²) in [7, 11) is 0. The number of nitrogens with two attached hydrogens (primary N) is 1. The van der Waals surface area contributed by atoms with Gasteiger partial charge in [-0.1, -0.05) is 42.5 Å². The molecule has 2 N–H and O–H groups in total. The Labute approximate surface area is 118 Å². The third-order valence-electron chi connectivity index (χ3n) is 3.22. The van der Waals surface area contributed by atoms with E-state index < -0.39 is 0 Å². The lowest BCUT2D eigenvalue weighted by atomic mass is 10.1. The van der Waals surface area contributed by atoms with E-state index in [0.29, 0.717) is 13.2 Å². The molecule has 0 atom stereocenters. The Morgan fingerprint density at radius 3 is 2.65 bits per heavy atom. The lowest BCUT2D eigenvalue weighted by Crippen LogP contribution is -2.00. The summed E-state index contributed by atoms with van der Waals surface area (Å²) in [5.41, 5.74) is 8.77. The third-order valence-corrected chi connectivity index (χ3v) is 3.22. The van der Waals surface area contributed by atoms with Crippen LogP contribution < -0.4 is 10.5 Å². The number of aromatic nitrogens is 1. The topological polar surface area (TPSA) is 48.1 Å². The monoisotopic (exact) mass is 264 g/mol. The van der Waals surface area contributed by atoms with Gasteiger partial charge < -0.3 is 10.5 Å². The Morgan fingerprint density at radius 2 is 1.75 bits per heavy atom. The molecule has 0 amide bonds. The molecule has 0 bridgehead atoms. The van der Waals surface area contributed by atoms with Gasteiger partial charge in [0.25, 0.3) is 0 Å². The smallest absolute Gasteiger partial charge is 0.146 e. The molecule has 3 heteroatoms. The van der Waals surface area contributed by atoms with E-state index in [9.17, 15) is 0 Å². The van der Waals surface area contributed by atoms with Crippen LogP contribution in [0.5, 0.6) is 5.75 Å². The van der Waals surface area contributed by atoms with Gasteiger partial charge in [-0.05, 0) is 23.3 Å². The van der Waals surface area contributed by atoms with Gasteiger partial charge >= 0.3 is 0 Å². The summed E-state index contributed by atoms with van der Waals surface area (Å²) in [6, 6.07) is 18.0. The van der Waals surface area contributed by atoms with E-state index in [2.05, 4.69) is 11.1 Å². The molecule has 100 valence electrons. The van der Waals surface area contributed by atoms with Crippen LogP contribution in [0.25, 0.3) is 10.9 Å². The molecular weight excluding hydrogens is 248 g/mol. The van der Waals surface area contributed by atoms with Gasteiger partial charge in [0.05, 0.1) is 0 Å². The number of nitrogens with zero attached hydrogens (tertiary/aromatic N) is 1. The van der Waals surface area contributed by atoms with E-state index in [-0.39, 0.29) is 0 Å². The minimum atomic E-state index is 0.517. The van der Waals surface area contributed by atoms with Crippen LogP contribution >= 0.6 is 0 Å². The Bertz CT molecular complexity index is 720. The van der Waals surface area contributed by atoms with Gasteiger partial charge in [-0.3, -0.25) is 4.98 Å². The molecule has 0 spiro atoms. The second-order valence-electron chi connectivity index (χ2n) is 4.64. The van der Waals surface area contributed by atoms with Crippen LogP contribution in [0.3, 0.4) is 0 Å². The standard InChI is InChI=1S/C17H16N2O/c18-11-13-4-1-5-14(10-13)12-20-16-8-2-6-15-7-3-9-19-17(15)16/h1-10H,11-12,18H2. The molecule has 0 saturated carbocycles. The number of hydrogen-bond donors (Lipinski definition) is 1. The first-order valence-electron chi connectivity index (χ1n) is 6.61. The number of ether oxygens (including phenoxy) is 1. The van der Waals surface area contributed by atoms with E-state index in [1.54, 1.807) is 6.20 Å². The number of fused-ring (bicyclic) bond motifs is 1. The highest BCUT2D eigenvalue weighted by Gasteiger charge is 2.03. The molecule has 20 heavy (non-hydrogen) atoms. The minimum Gasteiger partial charge on any atom is -0.487 e. The van der Waals surface area contributed by atoms with Crippen LogP contribution in [0.15, 0.2) is 60.8 Å². The molecule has 0 radical (unpaired) electrons. The van der Waals surface area contributed by atoms with Crippen LogP contribution in [0, 0.1) is 0 Å². The SMILES string of the molecule is NCc1cccc(COc2cccc3cccnc23)c1. The van der Waals surface area contributed by atoms with Crippen molar-refractivity contribution in [3.63, 3.8) is 0 Å². The van der Waals surface area contributed by atoms with Crippen molar-refractivity contribution in [1.29, 1.82) is 0 Å². The molecule has 3 nitrogen and oxygen atoms in total. The van der Waals surface area contributed by atoms with Crippen LogP contribution in [-0.2, 0) is 13.2 Å². The molecule has 0 fully saturated rings. The summed E-state index contributed by atoms with van der Waals surface area (Å²) < 4.78 is 5.90. The molecule has 1 heterocycles. The van der Waals surface area contributed by atoms with Crippen LogP contribution in [-0.4, -0.2) is 4.98 Å². The van der Waals surface area contributed by atoms with Crippen molar-refractivity contribution in [2.24, 2.45) is 5.73 Å². The van der Waals surface area contributed by atoms with E-state index in [0.717, 1.165) is 27.8 Å². The van der Waals surface area contributed by atoms with Gasteiger partial charge in [-0.2, -0.15) is 0 Å². The number of rotatable bonds is 4. The van der Waals surface area contributed by atoms with Gasteiger partial charge in [0.1, 0.15) is 17.9 Å². The van der Waals surface area contributed by atoms with Crippen molar-refractivity contribution >= 4 is 10.9 Å². The molecule has 0 unspecified atom stereocenters. The van der Waals surface area contributed by atoms with E-state index in [4.69, 9.17) is 10.5 Å². The maximum absolute atomic E-state index is 5.90. The zero-order valence-corrected chi connectivity index (χ0v) is 11.1. The van der Waals surface area contributed by atoms with E-state index >= 15 is 0 Å². The average molecular weight is 264 g/mol. The second-order valence-corrected chi connectivity index (χ2v) is 4.64. The van der Waals surface area contributed by atoms with Gasteiger partial charge in [0.15, 0.2) is 0 Å². The molecule has 3 rings (SSSR count). The first kappa shape index (κ1) is 12.6. The van der Waals surface area contributed by atoms with Crippen molar-refractivity contribution in [2.75, 3.05) is 0 Å². The van der Waals surface area contributed by atoms with Crippen LogP contribution in [0.1, 0.15) is 11.1 Å². The first-order valence-corrected chi connectivity index (χ1v) is 6.61. The van der Waals surface area contributed by atoms with Crippen LogP contribution in [0.4, 0.5) is 0 Å². The van der Waals surface area contributed by atoms with Gasteiger partial charge in [-0.15, -0.1) is 0 Å². The summed E-state index contributed by atoms with van der Waals surface area (Å²) in [6.45, 7) is 1.06. The number of pyridine rings is 1. The molecule has 3 aromatic rings. The van der Waals surface area contributed by atoms with Crippen molar-refractivity contribution in [3.05, 3.63) is 71.9 Å². The maximum atomic E-state index is 5.90. The number of benzene rings is 2. The van der Waals surface area contributed by atoms with Crippen molar-refractivity contribution < 1.29 is 4.74 Å². The summed E-state index contributed by atoms with van der Waals surface area (Å²) in [6.07, 6.45) is 1.78. The number of hydrogen-bond acceptors (Lipinski definition) is 3. The van der Waals surface area contributed by atoms with Gasteiger partial charge in [0.2, 0.25) is 0 Å². The van der Waals surface area contributed by atoms with Crippen LogP contribution in [0.2, 0.25) is 0 Å². The van der Waals surface area contributed by atoms with Crippen molar-refractivity contribution in [1.82, 2.24) is 4.98 Å². The molecule has 0 saturated heterocycles. The summed E-state index contributed by atoms with van der Waals surface area (Å²) in [5.74, 6) is 0.807. The van der Waals surface area contributed by atoms with E-state index in [1.807, 2.05) is 48.5 Å². The normalized spacial score (nSPS) is 10.7. The summed E-state index contributed by atoms with van der Waals surface area (Å²) in [4.78, 5) is 4.38. The largest absolute Gasteiger partial charge is 0.487 e. The highest BCUT2D eigenvalue weighted by atomic mass is 16.5. The Hall–Kier alpha value is -2.39. The first-order chi connectivity index (χ1) is 9.86. The predicted octanol–water partition coefficient (Wildman–Crippen LogP) is 3.27. The van der Waals surface area contributed by atoms with Crippen molar-refractivity contribution in [2.45, 2.75) is 13.2 Å². The minimum absolute atomic E-state index is 0.517. The zero-order chi connectivity index (χ0) is 13.8. The molecule has 1 aromatic heterocycles. The van der Waals surface area contributed by atoms with Crippen molar-refractivity contribution in [3.8, 4) is 5.75 Å². The lowest BCUT2D eigenvalue weighted by molar-refractivity contribution is 0.309. The fraction of sp³-hybridized carbons (Fsp3) is 0.118.